The Bertz CT molecular complexity index is 390. The first-order chi connectivity index (χ1) is 6.94. The first-order valence-electron chi connectivity index (χ1n) is 4.99. The molecule has 1 N–H and O–H groups in total. The fourth-order valence-corrected chi connectivity index (χ4v) is 2.80. The van der Waals surface area contributed by atoms with Crippen LogP contribution in [0.1, 0.15) is 25.6 Å². The number of rotatable bonds is 1. The number of fused-ring (bicyclic) bond motifs is 1. The van der Waals surface area contributed by atoms with Crippen molar-refractivity contribution in [3.8, 4) is 5.06 Å². The van der Waals surface area contributed by atoms with Crippen LogP contribution in [0, 0.1) is 5.41 Å². The fourth-order valence-electron chi connectivity index (χ4n) is 1.54. The highest BCUT2D eigenvalue weighted by molar-refractivity contribution is 7.14. The van der Waals surface area contributed by atoms with Gasteiger partial charge in [0.05, 0.1) is 5.69 Å². The number of nitrogens with one attached hydrogen (secondary N) is 1. The molecule has 0 aromatic carbocycles. The van der Waals surface area contributed by atoms with Crippen molar-refractivity contribution in [2.24, 2.45) is 5.41 Å². The first kappa shape index (κ1) is 10.5. The summed E-state index contributed by atoms with van der Waals surface area (Å²) in [5, 5.41) is 3.65. The van der Waals surface area contributed by atoms with Gasteiger partial charge in [-0.2, -0.15) is 0 Å². The summed E-state index contributed by atoms with van der Waals surface area (Å²) >= 11 is 1.63. The summed E-state index contributed by atoms with van der Waals surface area (Å²) in [6.45, 7) is 6.74. The van der Waals surface area contributed by atoms with Crippen molar-refractivity contribution < 1.29 is 9.53 Å². The maximum absolute atomic E-state index is 11.1. The molecular weight excluding hydrogens is 210 g/mol. The Kier molecular flexibility index (Phi) is 2.46. The zero-order valence-corrected chi connectivity index (χ0v) is 10.0. The zero-order valence-electron chi connectivity index (χ0n) is 9.22. The quantitative estimate of drug-likeness (QED) is 0.798. The third-order valence-electron chi connectivity index (χ3n) is 2.06. The van der Waals surface area contributed by atoms with Crippen LogP contribution in [-0.4, -0.2) is 12.5 Å². The Balaban J connectivity index is 2.19. The van der Waals surface area contributed by atoms with Crippen LogP contribution < -0.4 is 10.1 Å². The lowest BCUT2D eigenvalue weighted by molar-refractivity contribution is -0.118. The van der Waals surface area contributed by atoms with Gasteiger partial charge in [-0.3, -0.25) is 4.79 Å². The summed E-state index contributed by atoms with van der Waals surface area (Å²) in [6, 6.07) is 2.02. The van der Waals surface area contributed by atoms with Gasteiger partial charge in [0.25, 0.3) is 5.91 Å². The molecule has 0 saturated heterocycles. The number of thiophene rings is 1. The van der Waals surface area contributed by atoms with E-state index in [-0.39, 0.29) is 17.9 Å². The Morgan fingerprint density at radius 2 is 2.27 bits per heavy atom. The molecule has 0 aliphatic carbocycles. The number of amides is 1. The Morgan fingerprint density at radius 3 is 2.93 bits per heavy atom. The lowest BCUT2D eigenvalue weighted by atomic mass is 9.91. The summed E-state index contributed by atoms with van der Waals surface area (Å²) in [5.41, 5.74) is 1.09. The lowest BCUT2D eigenvalue weighted by Crippen LogP contribution is -2.24. The van der Waals surface area contributed by atoms with Crippen molar-refractivity contribution in [1.29, 1.82) is 0 Å². The second kappa shape index (κ2) is 3.52. The largest absolute Gasteiger partial charge is 0.472 e. The van der Waals surface area contributed by atoms with Crippen molar-refractivity contribution in [1.82, 2.24) is 0 Å². The molecule has 3 nitrogen and oxygen atoms in total. The molecule has 0 unspecified atom stereocenters. The van der Waals surface area contributed by atoms with E-state index in [4.69, 9.17) is 4.74 Å². The van der Waals surface area contributed by atoms with Crippen molar-refractivity contribution in [3.63, 3.8) is 0 Å². The maximum Gasteiger partial charge on any atom is 0.262 e. The zero-order chi connectivity index (χ0) is 11.1. The normalized spacial score (nSPS) is 15.5. The van der Waals surface area contributed by atoms with Crippen LogP contribution in [-0.2, 0) is 11.2 Å². The van der Waals surface area contributed by atoms with Gasteiger partial charge in [0.1, 0.15) is 0 Å². The number of anilines is 1. The van der Waals surface area contributed by atoms with Crippen molar-refractivity contribution >= 4 is 22.9 Å². The number of hydrogen-bond donors (Lipinski definition) is 1. The average molecular weight is 225 g/mol. The van der Waals surface area contributed by atoms with Crippen LogP contribution in [0.5, 0.6) is 5.06 Å². The Morgan fingerprint density at radius 1 is 1.53 bits per heavy atom. The number of hydrogen-bond acceptors (Lipinski definition) is 3. The van der Waals surface area contributed by atoms with Gasteiger partial charge in [0.2, 0.25) is 0 Å². The van der Waals surface area contributed by atoms with Crippen LogP contribution in [0.4, 0.5) is 5.69 Å². The highest BCUT2D eigenvalue weighted by Crippen LogP contribution is 2.39. The standard InChI is InChI=1S/C11H15NO2S/c1-11(2,3)5-7-4-8-10(15-7)14-6-9(13)12-8/h4H,5-6H2,1-3H3,(H,12,13). The second-order valence-corrected chi connectivity index (χ2v) is 6.09. The summed E-state index contributed by atoms with van der Waals surface area (Å²) < 4.78 is 5.34. The predicted molar refractivity (Wildman–Crippen MR) is 61.6 cm³/mol. The van der Waals surface area contributed by atoms with E-state index in [1.54, 1.807) is 11.3 Å². The molecule has 1 aromatic heterocycles. The van der Waals surface area contributed by atoms with Gasteiger partial charge < -0.3 is 10.1 Å². The molecule has 1 amide bonds. The number of ether oxygens (including phenoxy) is 1. The molecule has 2 rings (SSSR count). The minimum absolute atomic E-state index is 0.0670. The average Bonchev–Trinajstić information content (AvgIpc) is 2.42. The number of carbonyl (C=O) groups is 1. The van der Waals surface area contributed by atoms with Gasteiger partial charge in [-0.05, 0) is 17.9 Å². The fraction of sp³-hybridized carbons (Fsp3) is 0.545. The van der Waals surface area contributed by atoms with Gasteiger partial charge in [0, 0.05) is 4.88 Å². The third-order valence-corrected chi connectivity index (χ3v) is 3.11. The monoisotopic (exact) mass is 225 g/mol. The molecule has 0 radical (unpaired) electrons. The van der Waals surface area contributed by atoms with E-state index in [2.05, 4.69) is 26.1 Å². The van der Waals surface area contributed by atoms with Gasteiger partial charge in [-0.15, -0.1) is 11.3 Å². The molecule has 2 heterocycles. The van der Waals surface area contributed by atoms with Crippen molar-refractivity contribution in [2.75, 3.05) is 11.9 Å². The molecule has 1 aromatic rings. The van der Waals surface area contributed by atoms with Crippen LogP contribution in [0.15, 0.2) is 6.07 Å². The van der Waals surface area contributed by atoms with Crippen LogP contribution in [0.25, 0.3) is 0 Å². The van der Waals surface area contributed by atoms with Gasteiger partial charge >= 0.3 is 0 Å². The van der Waals surface area contributed by atoms with E-state index < -0.39 is 0 Å². The minimum Gasteiger partial charge on any atom is -0.472 e. The van der Waals surface area contributed by atoms with Crippen molar-refractivity contribution in [3.05, 3.63) is 10.9 Å². The summed E-state index contributed by atoms with van der Waals surface area (Å²) in [5.74, 6) is -0.0670. The molecule has 0 atom stereocenters. The molecule has 0 bridgehead atoms. The van der Waals surface area contributed by atoms with E-state index in [0.717, 1.165) is 17.2 Å². The first-order valence-corrected chi connectivity index (χ1v) is 5.81. The van der Waals surface area contributed by atoms with Gasteiger partial charge in [-0.25, -0.2) is 0 Å². The molecule has 15 heavy (non-hydrogen) atoms. The molecule has 0 spiro atoms. The van der Waals surface area contributed by atoms with Crippen LogP contribution in [0.2, 0.25) is 0 Å². The number of carbonyl (C=O) groups excluding carboxylic acids is 1. The lowest BCUT2D eigenvalue weighted by Gasteiger charge is -2.15. The molecule has 4 heteroatoms. The van der Waals surface area contributed by atoms with Gasteiger partial charge in [-0.1, -0.05) is 20.8 Å². The summed E-state index contributed by atoms with van der Waals surface area (Å²) in [4.78, 5) is 12.3. The SMILES string of the molecule is CC(C)(C)Cc1cc2c(s1)OCC(=O)N2. The van der Waals surface area contributed by atoms with E-state index >= 15 is 0 Å². The minimum atomic E-state index is -0.0670. The molecule has 1 aliphatic heterocycles. The molecule has 0 saturated carbocycles. The van der Waals surface area contributed by atoms with Crippen molar-refractivity contribution in [2.45, 2.75) is 27.2 Å². The predicted octanol–water partition coefficient (Wildman–Crippen LogP) is 2.67. The van der Waals surface area contributed by atoms with Crippen LogP contribution >= 0.6 is 11.3 Å². The maximum atomic E-state index is 11.1. The summed E-state index contributed by atoms with van der Waals surface area (Å²) in [6.07, 6.45) is 1.00. The highest BCUT2D eigenvalue weighted by Gasteiger charge is 2.21. The topological polar surface area (TPSA) is 38.3 Å². The third kappa shape index (κ3) is 2.50. The smallest absolute Gasteiger partial charge is 0.262 e. The summed E-state index contributed by atoms with van der Waals surface area (Å²) in [7, 11) is 0. The molecular formula is C11H15NO2S. The van der Waals surface area contributed by atoms with E-state index in [0.29, 0.717) is 0 Å². The van der Waals surface area contributed by atoms with Gasteiger partial charge in [0.15, 0.2) is 11.7 Å². The Hall–Kier alpha value is -1.03. The van der Waals surface area contributed by atoms with E-state index in [1.165, 1.54) is 4.88 Å². The molecule has 82 valence electrons. The Labute approximate surface area is 93.4 Å². The second-order valence-electron chi connectivity index (χ2n) is 4.99. The molecule has 1 aliphatic rings. The molecule has 0 fully saturated rings. The van der Waals surface area contributed by atoms with E-state index in [1.807, 2.05) is 6.07 Å². The van der Waals surface area contributed by atoms with E-state index in [9.17, 15) is 4.79 Å². The van der Waals surface area contributed by atoms with Crippen LogP contribution in [0.3, 0.4) is 0 Å². The highest BCUT2D eigenvalue weighted by atomic mass is 32.1.